The summed E-state index contributed by atoms with van der Waals surface area (Å²) in [6, 6.07) is 9.44. The van der Waals surface area contributed by atoms with E-state index in [9.17, 15) is 0 Å². The van der Waals surface area contributed by atoms with Crippen LogP contribution in [-0.2, 0) is 5.41 Å². The zero-order valence-corrected chi connectivity index (χ0v) is 13.8. The molecular weight excluding hydrogens is 367 g/mol. The molecule has 5 nitrogen and oxygen atoms in total. The number of aromatic nitrogens is 2. The molecule has 0 spiro atoms. The molecule has 2 rings (SSSR count). The predicted molar refractivity (Wildman–Crippen MR) is 87.8 cm³/mol. The van der Waals surface area contributed by atoms with Gasteiger partial charge in [-0.25, -0.2) is 10.8 Å². The summed E-state index contributed by atoms with van der Waals surface area (Å²) in [6.45, 7) is 6.12. The van der Waals surface area contributed by atoms with Gasteiger partial charge in [0.25, 0.3) is 0 Å². The number of rotatable bonds is 3. The van der Waals surface area contributed by atoms with Gasteiger partial charge in [0.2, 0.25) is 5.88 Å². The predicted octanol–water partition coefficient (Wildman–Crippen LogP) is 3.46. The normalized spacial score (nSPS) is 11.2. The molecule has 3 N–H and O–H groups in total. The van der Waals surface area contributed by atoms with Gasteiger partial charge in [0, 0.05) is 15.1 Å². The van der Waals surface area contributed by atoms with Gasteiger partial charge >= 0.3 is 0 Å². The number of nitrogen functional groups attached to an aromatic ring is 1. The first-order valence-corrected chi connectivity index (χ1v) is 7.26. The second kappa shape index (κ2) is 5.92. The average Bonchev–Trinajstić information content (AvgIpc) is 2.37. The molecule has 0 bridgehead atoms. The lowest BCUT2D eigenvalue weighted by atomic mass is 9.96. The molecule has 0 aliphatic heterocycles. The SMILES string of the molecule is CC(C)(C)c1nc(NN)cc(Oc2cccc(I)c2)n1. The number of benzene rings is 1. The number of hydrazine groups is 1. The molecule has 1 heterocycles. The van der Waals surface area contributed by atoms with Crippen LogP contribution >= 0.6 is 22.6 Å². The van der Waals surface area contributed by atoms with Crippen molar-refractivity contribution >= 4 is 28.4 Å². The molecular formula is C14H17IN4O. The number of nitrogens with two attached hydrogens (primary N) is 1. The summed E-state index contributed by atoms with van der Waals surface area (Å²) < 4.78 is 6.89. The van der Waals surface area contributed by atoms with E-state index in [1.807, 2.05) is 45.0 Å². The number of nitrogens with zero attached hydrogens (tertiary/aromatic N) is 2. The van der Waals surface area contributed by atoms with Gasteiger partial charge < -0.3 is 10.2 Å². The van der Waals surface area contributed by atoms with Crippen molar-refractivity contribution in [3.63, 3.8) is 0 Å². The minimum Gasteiger partial charge on any atom is -0.439 e. The molecule has 0 atom stereocenters. The number of halogens is 1. The molecule has 0 saturated carbocycles. The van der Waals surface area contributed by atoms with E-state index in [4.69, 9.17) is 10.6 Å². The Hall–Kier alpha value is -1.41. The van der Waals surface area contributed by atoms with Gasteiger partial charge in [-0.2, -0.15) is 4.98 Å². The van der Waals surface area contributed by atoms with E-state index in [2.05, 4.69) is 38.0 Å². The van der Waals surface area contributed by atoms with Crippen LogP contribution in [0.15, 0.2) is 30.3 Å². The minimum absolute atomic E-state index is 0.184. The lowest BCUT2D eigenvalue weighted by Gasteiger charge is -2.18. The highest BCUT2D eigenvalue weighted by molar-refractivity contribution is 14.1. The number of anilines is 1. The average molecular weight is 384 g/mol. The van der Waals surface area contributed by atoms with Crippen molar-refractivity contribution in [3.8, 4) is 11.6 Å². The monoisotopic (exact) mass is 384 g/mol. The Morgan fingerprint density at radius 1 is 1.20 bits per heavy atom. The summed E-state index contributed by atoms with van der Waals surface area (Å²) in [7, 11) is 0. The first kappa shape index (κ1) is 15.0. The lowest BCUT2D eigenvalue weighted by Crippen LogP contribution is -2.19. The zero-order valence-electron chi connectivity index (χ0n) is 11.6. The molecule has 6 heteroatoms. The van der Waals surface area contributed by atoms with Crippen molar-refractivity contribution < 1.29 is 4.74 Å². The van der Waals surface area contributed by atoms with Crippen LogP contribution in [0.5, 0.6) is 11.6 Å². The molecule has 106 valence electrons. The van der Waals surface area contributed by atoms with Crippen LogP contribution in [-0.4, -0.2) is 9.97 Å². The summed E-state index contributed by atoms with van der Waals surface area (Å²) in [5.74, 6) is 7.87. The van der Waals surface area contributed by atoms with Crippen LogP contribution in [0.1, 0.15) is 26.6 Å². The van der Waals surface area contributed by atoms with E-state index >= 15 is 0 Å². The fraction of sp³-hybridized carbons (Fsp3) is 0.286. The van der Waals surface area contributed by atoms with Gasteiger partial charge in [-0.15, -0.1) is 0 Å². The van der Waals surface area contributed by atoms with E-state index in [1.165, 1.54) is 0 Å². The number of hydrogen-bond acceptors (Lipinski definition) is 5. The molecule has 2 aromatic rings. The van der Waals surface area contributed by atoms with Crippen LogP contribution in [0.2, 0.25) is 0 Å². The molecule has 1 aromatic carbocycles. The van der Waals surface area contributed by atoms with Crippen LogP contribution in [0.25, 0.3) is 0 Å². The van der Waals surface area contributed by atoms with Crippen LogP contribution in [0.3, 0.4) is 0 Å². The first-order chi connectivity index (χ1) is 9.38. The first-order valence-electron chi connectivity index (χ1n) is 6.18. The smallest absolute Gasteiger partial charge is 0.224 e. The van der Waals surface area contributed by atoms with E-state index < -0.39 is 0 Å². The van der Waals surface area contributed by atoms with Gasteiger partial charge in [-0.1, -0.05) is 26.8 Å². The Morgan fingerprint density at radius 3 is 2.55 bits per heavy atom. The van der Waals surface area contributed by atoms with E-state index in [1.54, 1.807) is 6.07 Å². The number of ether oxygens (including phenoxy) is 1. The largest absolute Gasteiger partial charge is 0.439 e. The Kier molecular flexibility index (Phi) is 4.44. The number of hydrogen-bond donors (Lipinski definition) is 2. The van der Waals surface area contributed by atoms with Crippen LogP contribution in [0.4, 0.5) is 5.82 Å². The summed E-state index contributed by atoms with van der Waals surface area (Å²) >= 11 is 2.24. The highest BCUT2D eigenvalue weighted by Gasteiger charge is 2.19. The number of nitrogens with one attached hydrogen (secondary N) is 1. The maximum Gasteiger partial charge on any atom is 0.224 e. The summed E-state index contributed by atoms with van der Waals surface area (Å²) in [6.07, 6.45) is 0. The molecule has 0 saturated heterocycles. The summed E-state index contributed by atoms with van der Waals surface area (Å²) in [4.78, 5) is 8.80. The third kappa shape index (κ3) is 3.80. The quantitative estimate of drug-likeness (QED) is 0.482. The molecule has 0 fully saturated rings. The minimum atomic E-state index is -0.184. The van der Waals surface area contributed by atoms with Crippen molar-refractivity contribution in [1.82, 2.24) is 9.97 Å². The molecule has 0 unspecified atom stereocenters. The molecule has 0 aliphatic carbocycles. The molecule has 20 heavy (non-hydrogen) atoms. The van der Waals surface area contributed by atoms with E-state index in [0.717, 1.165) is 9.32 Å². The molecule has 1 aromatic heterocycles. The Balaban J connectivity index is 2.36. The van der Waals surface area contributed by atoms with Crippen LogP contribution < -0.4 is 16.0 Å². The van der Waals surface area contributed by atoms with E-state index in [-0.39, 0.29) is 5.41 Å². The Bertz CT molecular complexity index is 610. The van der Waals surface area contributed by atoms with Crippen molar-refractivity contribution in [3.05, 3.63) is 39.7 Å². The van der Waals surface area contributed by atoms with Crippen molar-refractivity contribution in [2.45, 2.75) is 26.2 Å². The van der Waals surface area contributed by atoms with Crippen molar-refractivity contribution in [2.75, 3.05) is 5.43 Å². The van der Waals surface area contributed by atoms with Crippen LogP contribution in [0, 0.1) is 3.57 Å². The summed E-state index contributed by atoms with van der Waals surface area (Å²) in [5.41, 5.74) is 2.36. The van der Waals surface area contributed by atoms with Gasteiger partial charge in [-0.3, -0.25) is 0 Å². The van der Waals surface area contributed by atoms with Gasteiger partial charge in [0.1, 0.15) is 17.4 Å². The maximum atomic E-state index is 5.79. The Labute approximate surface area is 132 Å². The topological polar surface area (TPSA) is 73.1 Å². The third-order valence-electron chi connectivity index (χ3n) is 2.54. The standard InChI is InChI=1S/C14H17IN4O/c1-14(2,3)13-17-11(19-16)8-12(18-13)20-10-6-4-5-9(15)7-10/h4-8H,16H2,1-3H3,(H,17,18,19). The second-order valence-corrected chi connectivity index (χ2v) is 6.61. The maximum absolute atomic E-state index is 5.79. The Morgan fingerprint density at radius 2 is 1.95 bits per heavy atom. The zero-order chi connectivity index (χ0) is 14.8. The lowest BCUT2D eigenvalue weighted by molar-refractivity contribution is 0.446. The summed E-state index contributed by atoms with van der Waals surface area (Å²) in [5, 5.41) is 0. The van der Waals surface area contributed by atoms with E-state index in [0.29, 0.717) is 17.5 Å². The van der Waals surface area contributed by atoms with Gasteiger partial charge in [0.05, 0.1) is 0 Å². The fourth-order valence-electron chi connectivity index (χ4n) is 1.54. The highest BCUT2D eigenvalue weighted by Crippen LogP contribution is 2.26. The van der Waals surface area contributed by atoms with Gasteiger partial charge in [0.15, 0.2) is 0 Å². The molecule has 0 amide bonds. The second-order valence-electron chi connectivity index (χ2n) is 5.37. The fourth-order valence-corrected chi connectivity index (χ4v) is 2.05. The third-order valence-corrected chi connectivity index (χ3v) is 3.21. The van der Waals surface area contributed by atoms with Crippen molar-refractivity contribution in [1.29, 1.82) is 0 Å². The molecule has 0 aliphatic rings. The highest BCUT2D eigenvalue weighted by atomic mass is 127. The van der Waals surface area contributed by atoms with Crippen molar-refractivity contribution in [2.24, 2.45) is 5.84 Å². The molecule has 0 radical (unpaired) electrons. The van der Waals surface area contributed by atoms with Gasteiger partial charge in [-0.05, 0) is 40.8 Å².